The summed E-state index contributed by atoms with van der Waals surface area (Å²) in [6, 6.07) is 6.17. The molecule has 1 atom stereocenters. The highest BCUT2D eigenvalue weighted by molar-refractivity contribution is 6.33. The van der Waals surface area contributed by atoms with Gasteiger partial charge in [-0.1, -0.05) is 37.1 Å². The van der Waals surface area contributed by atoms with Gasteiger partial charge in [-0.25, -0.2) is 0 Å². The Balaban J connectivity index is 2.83. The third kappa shape index (κ3) is 3.91. The fourth-order valence-electron chi connectivity index (χ4n) is 1.51. The van der Waals surface area contributed by atoms with Gasteiger partial charge in [-0.3, -0.25) is 4.79 Å². The van der Waals surface area contributed by atoms with E-state index >= 15 is 0 Å². The fraction of sp³-hybridized carbons (Fsp3) is 0.417. The van der Waals surface area contributed by atoms with Crippen LogP contribution < -0.4 is 5.32 Å². The number of para-hydroxylation sites is 1. The summed E-state index contributed by atoms with van der Waals surface area (Å²) in [7, 11) is 0. The predicted molar refractivity (Wildman–Crippen MR) is 64.5 cm³/mol. The van der Waals surface area contributed by atoms with E-state index in [4.69, 9.17) is 11.6 Å². The van der Waals surface area contributed by atoms with Gasteiger partial charge in [-0.2, -0.15) is 13.2 Å². The van der Waals surface area contributed by atoms with Crippen molar-refractivity contribution in [2.75, 3.05) is 5.32 Å². The second-order valence-electron chi connectivity index (χ2n) is 3.85. The monoisotopic (exact) mass is 279 g/mol. The molecule has 0 saturated heterocycles. The largest absolute Gasteiger partial charge is 0.400 e. The predicted octanol–water partition coefficient (Wildman–Crippen LogP) is 4.26. The molecule has 0 fully saturated rings. The summed E-state index contributed by atoms with van der Waals surface area (Å²) in [6.45, 7) is 1.60. The van der Waals surface area contributed by atoms with Crippen LogP contribution in [0.25, 0.3) is 0 Å². The third-order valence-electron chi connectivity index (χ3n) is 2.42. The van der Waals surface area contributed by atoms with Crippen LogP contribution in [0.15, 0.2) is 24.3 Å². The molecule has 1 amide bonds. The van der Waals surface area contributed by atoms with E-state index in [2.05, 4.69) is 5.32 Å². The van der Waals surface area contributed by atoms with Gasteiger partial charge in [0, 0.05) is 0 Å². The van der Waals surface area contributed by atoms with Gasteiger partial charge in [-0.15, -0.1) is 0 Å². The number of carbonyl (C=O) groups is 1. The minimum Gasteiger partial charge on any atom is -0.324 e. The minimum absolute atomic E-state index is 0.189. The molecule has 6 heteroatoms. The lowest BCUT2D eigenvalue weighted by atomic mass is 10.0. The number of alkyl halides is 3. The summed E-state index contributed by atoms with van der Waals surface area (Å²) in [4.78, 5) is 11.6. The second-order valence-corrected chi connectivity index (χ2v) is 4.26. The number of hydrogen-bond acceptors (Lipinski definition) is 1. The molecule has 2 nitrogen and oxygen atoms in total. The fourth-order valence-corrected chi connectivity index (χ4v) is 1.70. The highest BCUT2D eigenvalue weighted by atomic mass is 35.5. The van der Waals surface area contributed by atoms with E-state index in [0.717, 1.165) is 0 Å². The summed E-state index contributed by atoms with van der Waals surface area (Å²) < 4.78 is 38.0. The lowest BCUT2D eigenvalue weighted by Gasteiger charge is -2.19. The van der Waals surface area contributed by atoms with Crippen LogP contribution >= 0.6 is 11.6 Å². The number of nitrogens with one attached hydrogen (secondary N) is 1. The number of benzene rings is 1. The quantitative estimate of drug-likeness (QED) is 0.877. The van der Waals surface area contributed by atoms with Crippen LogP contribution in [-0.4, -0.2) is 12.1 Å². The lowest BCUT2D eigenvalue weighted by molar-refractivity contribution is -0.180. The lowest BCUT2D eigenvalue weighted by Crippen LogP contribution is -2.35. The van der Waals surface area contributed by atoms with E-state index in [-0.39, 0.29) is 23.6 Å². The molecule has 0 aromatic heterocycles. The van der Waals surface area contributed by atoms with Crippen molar-refractivity contribution in [3.63, 3.8) is 0 Å². The molecule has 0 saturated carbocycles. The average Bonchev–Trinajstić information content (AvgIpc) is 2.27. The first-order valence-corrected chi connectivity index (χ1v) is 5.86. The van der Waals surface area contributed by atoms with Gasteiger partial charge >= 0.3 is 6.18 Å². The Bertz CT molecular complexity index is 420. The molecule has 1 unspecified atom stereocenters. The number of anilines is 1. The van der Waals surface area contributed by atoms with Gasteiger partial charge in [0.2, 0.25) is 5.91 Å². The summed E-state index contributed by atoms with van der Waals surface area (Å²) in [6.07, 6.45) is -4.50. The van der Waals surface area contributed by atoms with Crippen LogP contribution in [0.3, 0.4) is 0 Å². The zero-order valence-corrected chi connectivity index (χ0v) is 10.5. The third-order valence-corrected chi connectivity index (χ3v) is 2.75. The molecule has 1 aromatic carbocycles. The standard InChI is InChI=1S/C12H13ClF3NO/c1-2-5-8(12(14,15)16)11(18)17-10-7-4-3-6-9(10)13/h3-4,6-8H,2,5H2,1H3,(H,17,18). The molecule has 1 rings (SSSR count). The average molecular weight is 280 g/mol. The van der Waals surface area contributed by atoms with Gasteiger partial charge in [0.25, 0.3) is 0 Å². The van der Waals surface area contributed by atoms with Crippen molar-refractivity contribution in [3.8, 4) is 0 Å². The topological polar surface area (TPSA) is 29.1 Å². The van der Waals surface area contributed by atoms with Gasteiger partial charge in [0.15, 0.2) is 0 Å². The second kappa shape index (κ2) is 6.09. The van der Waals surface area contributed by atoms with Gasteiger partial charge in [0.1, 0.15) is 5.92 Å². The Morgan fingerprint density at radius 3 is 2.50 bits per heavy atom. The minimum atomic E-state index is -4.54. The number of halogens is 4. The van der Waals surface area contributed by atoms with Crippen molar-refractivity contribution in [2.45, 2.75) is 25.9 Å². The molecule has 0 aliphatic carbocycles. The van der Waals surface area contributed by atoms with Crippen molar-refractivity contribution in [1.29, 1.82) is 0 Å². The molecule has 0 bridgehead atoms. The van der Waals surface area contributed by atoms with Gasteiger partial charge < -0.3 is 5.32 Å². The van der Waals surface area contributed by atoms with Crippen molar-refractivity contribution in [3.05, 3.63) is 29.3 Å². The molecule has 0 radical (unpaired) electrons. The Morgan fingerprint density at radius 2 is 2.00 bits per heavy atom. The van der Waals surface area contributed by atoms with Crippen molar-refractivity contribution >= 4 is 23.2 Å². The molecular formula is C12H13ClF3NO. The molecule has 18 heavy (non-hydrogen) atoms. The van der Waals surface area contributed by atoms with Crippen LogP contribution in [-0.2, 0) is 4.79 Å². The van der Waals surface area contributed by atoms with Gasteiger partial charge in [-0.05, 0) is 18.6 Å². The van der Waals surface area contributed by atoms with E-state index in [1.807, 2.05) is 0 Å². The molecule has 1 aromatic rings. The Hall–Kier alpha value is -1.23. The maximum absolute atomic E-state index is 12.7. The Kier molecular flexibility index (Phi) is 5.02. The smallest absolute Gasteiger partial charge is 0.324 e. The highest BCUT2D eigenvalue weighted by Gasteiger charge is 2.44. The first-order valence-electron chi connectivity index (χ1n) is 5.48. The summed E-state index contributed by atoms with van der Waals surface area (Å²) in [5, 5.41) is 2.42. The molecule has 1 N–H and O–H groups in total. The van der Waals surface area contributed by atoms with Crippen molar-refractivity contribution in [1.82, 2.24) is 0 Å². The number of amides is 1. The van der Waals surface area contributed by atoms with Crippen LogP contribution in [0, 0.1) is 5.92 Å². The highest BCUT2D eigenvalue weighted by Crippen LogP contribution is 2.31. The first-order chi connectivity index (χ1) is 8.36. The van der Waals surface area contributed by atoms with Crippen molar-refractivity contribution < 1.29 is 18.0 Å². The summed E-state index contributed by atoms with van der Waals surface area (Å²) >= 11 is 5.77. The Labute approximate surface area is 108 Å². The van der Waals surface area contributed by atoms with E-state index in [9.17, 15) is 18.0 Å². The van der Waals surface area contributed by atoms with Crippen LogP contribution in [0.1, 0.15) is 19.8 Å². The van der Waals surface area contributed by atoms with E-state index in [0.29, 0.717) is 0 Å². The van der Waals surface area contributed by atoms with E-state index < -0.39 is 18.0 Å². The number of carbonyl (C=O) groups excluding carboxylic acids is 1. The van der Waals surface area contributed by atoms with E-state index in [1.54, 1.807) is 19.1 Å². The van der Waals surface area contributed by atoms with Crippen LogP contribution in [0.4, 0.5) is 18.9 Å². The number of hydrogen-bond donors (Lipinski definition) is 1. The first kappa shape index (κ1) is 14.8. The molecule has 100 valence electrons. The molecule has 0 aliphatic rings. The maximum Gasteiger partial charge on any atom is 0.400 e. The van der Waals surface area contributed by atoms with Crippen LogP contribution in [0.5, 0.6) is 0 Å². The molecule has 0 aliphatic heterocycles. The zero-order chi connectivity index (χ0) is 13.8. The molecule has 0 heterocycles. The summed E-state index contributed by atoms with van der Waals surface area (Å²) in [5.41, 5.74) is 0.189. The summed E-state index contributed by atoms with van der Waals surface area (Å²) in [5.74, 6) is -3.07. The zero-order valence-electron chi connectivity index (χ0n) is 9.72. The molecular weight excluding hydrogens is 267 g/mol. The SMILES string of the molecule is CCCC(C(=O)Nc1ccccc1Cl)C(F)(F)F. The molecule has 0 spiro atoms. The Morgan fingerprint density at radius 1 is 1.39 bits per heavy atom. The van der Waals surface area contributed by atoms with Crippen molar-refractivity contribution in [2.24, 2.45) is 5.92 Å². The van der Waals surface area contributed by atoms with E-state index in [1.165, 1.54) is 12.1 Å². The maximum atomic E-state index is 12.7. The number of rotatable bonds is 4. The van der Waals surface area contributed by atoms with Crippen LogP contribution in [0.2, 0.25) is 5.02 Å². The van der Waals surface area contributed by atoms with Gasteiger partial charge in [0.05, 0.1) is 10.7 Å². The normalized spacial score (nSPS) is 13.2.